The van der Waals surface area contributed by atoms with Crippen LogP contribution in [0.25, 0.3) is 22.0 Å². The molecule has 1 heterocycles. The topological polar surface area (TPSA) is 130 Å². The molecule has 1 aromatic heterocycles. The van der Waals surface area contributed by atoms with Gasteiger partial charge < -0.3 is 4.74 Å². The van der Waals surface area contributed by atoms with E-state index in [-0.39, 0.29) is 11.2 Å². The van der Waals surface area contributed by atoms with Gasteiger partial charge in [-0.25, -0.2) is 14.6 Å². The number of carbonyl (C=O) groups is 1. The quantitative estimate of drug-likeness (QED) is 0.599. The highest BCUT2D eigenvalue weighted by atomic mass is 32.2. The van der Waals surface area contributed by atoms with Gasteiger partial charge in [-0.2, -0.15) is 13.5 Å². The van der Waals surface area contributed by atoms with Crippen LogP contribution < -0.4 is 15.0 Å². The molecule has 0 bridgehead atoms. The molecule has 9 nitrogen and oxygen atoms in total. The van der Waals surface area contributed by atoms with Crippen molar-refractivity contribution < 1.29 is 17.9 Å². The molecule has 2 aromatic carbocycles. The van der Waals surface area contributed by atoms with Crippen molar-refractivity contribution >= 4 is 32.8 Å². The maximum atomic E-state index is 12.2. The number of ether oxygens (including phenoxy) is 1. The van der Waals surface area contributed by atoms with E-state index >= 15 is 0 Å². The fourth-order valence-corrected chi connectivity index (χ4v) is 3.40. The second kappa shape index (κ2) is 7.55. The van der Waals surface area contributed by atoms with Crippen LogP contribution in [-0.4, -0.2) is 30.3 Å². The number of amides is 1. The van der Waals surface area contributed by atoms with Crippen LogP contribution in [0.3, 0.4) is 0 Å². The normalized spacial score (nSPS) is 11.8. The molecular formula is C19H20N4O5S. The average Bonchev–Trinajstić information content (AvgIpc) is 2.60. The van der Waals surface area contributed by atoms with E-state index in [0.29, 0.717) is 22.0 Å². The van der Waals surface area contributed by atoms with E-state index in [1.807, 2.05) is 0 Å². The fraction of sp³-hybridized carbons (Fsp3) is 0.211. The molecule has 0 saturated heterocycles. The van der Waals surface area contributed by atoms with Crippen molar-refractivity contribution in [2.45, 2.75) is 26.4 Å². The van der Waals surface area contributed by atoms with Crippen molar-refractivity contribution in [2.75, 3.05) is 4.72 Å². The number of fused-ring (bicyclic) bond motifs is 1. The number of nitrogens with zero attached hydrogens (tertiary/aromatic N) is 1. The van der Waals surface area contributed by atoms with Gasteiger partial charge in [0.05, 0.1) is 16.8 Å². The third kappa shape index (κ3) is 5.11. The number of hydrogen-bond donors (Lipinski definition) is 3. The van der Waals surface area contributed by atoms with E-state index in [0.717, 1.165) is 0 Å². The third-order valence-electron chi connectivity index (χ3n) is 3.70. The number of carbonyl (C=O) groups excluding carboxylic acids is 1. The second-order valence-corrected chi connectivity index (χ2v) is 8.65. The van der Waals surface area contributed by atoms with Gasteiger partial charge in [-0.05, 0) is 39.0 Å². The first-order valence-electron chi connectivity index (χ1n) is 8.65. The molecule has 3 N–H and O–H groups in total. The van der Waals surface area contributed by atoms with Crippen LogP contribution in [0.1, 0.15) is 20.8 Å². The number of benzene rings is 2. The summed E-state index contributed by atoms with van der Waals surface area (Å²) in [7, 11) is -4.21. The maximum absolute atomic E-state index is 12.2. The standard InChI is InChI=1S/C19H20N4O5S/c1-19(2,3)28-18(25)23-29(26,27)22-13-8-6-7-12(11-13)16-14-9-4-5-10-15(14)17(24)21-20-16/h4-11,22H,1-3H3,(H,21,24)(H,23,25). The van der Waals surface area contributed by atoms with E-state index in [9.17, 15) is 18.0 Å². The highest BCUT2D eigenvalue weighted by molar-refractivity contribution is 7.91. The molecule has 0 atom stereocenters. The predicted octanol–water partition coefficient (Wildman–Crippen LogP) is 2.77. The lowest BCUT2D eigenvalue weighted by Crippen LogP contribution is -2.39. The Bertz CT molecular complexity index is 1230. The Hall–Kier alpha value is -3.40. The molecule has 0 aliphatic heterocycles. The largest absolute Gasteiger partial charge is 0.443 e. The molecule has 0 saturated carbocycles. The Morgan fingerprint density at radius 3 is 2.45 bits per heavy atom. The van der Waals surface area contributed by atoms with E-state index in [2.05, 4.69) is 14.9 Å². The Labute approximate surface area is 167 Å². The van der Waals surface area contributed by atoms with Gasteiger partial charge in [-0.3, -0.25) is 9.52 Å². The van der Waals surface area contributed by atoms with E-state index in [1.54, 1.807) is 68.0 Å². The molecule has 0 unspecified atom stereocenters. The zero-order chi connectivity index (χ0) is 21.2. The van der Waals surface area contributed by atoms with Gasteiger partial charge in [-0.1, -0.05) is 30.3 Å². The number of H-pyrrole nitrogens is 1. The molecule has 10 heteroatoms. The van der Waals surface area contributed by atoms with Gasteiger partial charge in [0.25, 0.3) is 5.56 Å². The Morgan fingerprint density at radius 1 is 1.07 bits per heavy atom. The van der Waals surface area contributed by atoms with Gasteiger partial charge >= 0.3 is 16.3 Å². The SMILES string of the molecule is CC(C)(C)OC(=O)NS(=O)(=O)Nc1cccc(-c2n[nH]c(=O)c3ccccc23)c1. The van der Waals surface area contributed by atoms with Gasteiger partial charge in [0, 0.05) is 10.9 Å². The number of anilines is 1. The van der Waals surface area contributed by atoms with E-state index < -0.39 is 21.9 Å². The smallest absolute Gasteiger partial charge is 0.422 e. The lowest BCUT2D eigenvalue weighted by atomic mass is 10.0. The Balaban J connectivity index is 1.89. The maximum Gasteiger partial charge on any atom is 0.422 e. The monoisotopic (exact) mass is 416 g/mol. The summed E-state index contributed by atoms with van der Waals surface area (Å²) in [4.78, 5) is 23.7. The first kappa shape index (κ1) is 20.3. The number of aromatic nitrogens is 2. The highest BCUT2D eigenvalue weighted by Gasteiger charge is 2.21. The van der Waals surface area contributed by atoms with Gasteiger partial charge in [0.1, 0.15) is 5.60 Å². The molecule has 0 aliphatic rings. The van der Waals surface area contributed by atoms with Crippen LogP contribution in [0, 0.1) is 0 Å². The number of hydrogen-bond acceptors (Lipinski definition) is 6. The van der Waals surface area contributed by atoms with E-state index in [1.165, 1.54) is 6.07 Å². The van der Waals surface area contributed by atoms with Crippen molar-refractivity contribution in [3.05, 3.63) is 58.9 Å². The molecular weight excluding hydrogens is 396 g/mol. The van der Waals surface area contributed by atoms with Crippen molar-refractivity contribution in [2.24, 2.45) is 0 Å². The fourth-order valence-electron chi connectivity index (χ4n) is 2.65. The molecule has 0 radical (unpaired) electrons. The minimum atomic E-state index is -4.21. The zero-order valence-corrected chi connectivity index (χ0v) is 16.8. The second-order valence-electron chi connectivity index (χ2n) is 7.24. The molecule has 3 aromatic rings. The molecule has 3 rings (SSSR count). The number of aromatic amines is 1. The van der Waals surface area contributed by atoms with Crippen molar-refractivity contribution in [3.63, 3.8) is 0 Å². The minimum Gasteiger partial charge on any atom is -0.443 e. The number of nitrogens with one attached hydrogen (secondary N) is 3. The highest BCUT2D eigenvalue weighted by Crippen LogP contribution is 2.26. The molecule has 0 spiro atoms. The summed E-state index contributed by atoms with van der Waals surface area (Å²) in [5, 5.41) is 7.63. The summed E-state index contributed by atoms with van der Waals surface area (Å²) < 4.78 is 33.4. The number of rotatable bonds is 4. The summed E-state index contributed by atoms with van der Waals surface area (Å²) >= 11 is 0. The summed E-state index contributed by atoms with van der Waals surface area (Å²) in [6, 6.07) is 13.4. The molecule has 0 aliphatic carbocycles. The lowest BCUT2D eigenvalue weighted by Gasteiger charge is -2.19. The molecule has 0 fully saturated rings. The molecule has 29 heavy (non-hydrogen) atoms. The van der Waals surface area contributed by atoms with Crippen molar-refractivity contribution in [1.29, 1.82) is 0 Å². The summed E-state index contributed by atoms with van der Waals surface area (Å²) in [5.41, 5.74) is 0.117. The van der Waals surface area contributed by atoms with Crippen LogP contribution in [-0.2, 0) is 14.9 Å². The molecule has 1 amide bonds. The third-order valence-corrected chi connectivity index (χ3v) is 4.64. The van der Waals surface area contributed by atoms with Crippen molar-refractivity contribution in [3.8, 4) is 11.3 Å². The summed E-state index contributed by atoms with van der Waals surface area (Å²) in [5.74, 6) is 0. The van der Waals surface area contributed by atoms with Crippen LogP contribution in [0.2, 0.25) is 0 Å². The van der Waals surface area contributed by atoms with Crippen molar-refractivity contribution in [1.82, 2.24) is 14.9 Å². The van der Waals surface area contributed by atoms with Gasteiger partial charge in [-0.15, -0.1) is 0 Å². The average molecular weight is 416 g/mol. The van der Waals surface area contributed by atoms with Crippen LogP contribution >= 0.6 is 0 Å². The van der Waals surface area contributed by atoms with Gasteiger partial charge in [0.15, 0.2) is 0 Å². The summed E-state index contributed by atoms with van der Waals surface area (Å²) in [6.07, 6.45) is -1.09. The van der Waals surface area contributed by atoms with Gasteiger partial charge in [0.2, 0.25) is 0 Å². The first-order valence-corrected chi connectivity index (χ1v) is 10.1. The van der Waals surface area contributed by atoms with Crippen LogP contribution in [0.15, 0.2) is 53.3 Å². The van der Waals surface area contributed by atoms with Crippen LogP contribution in [0.5, 0.6) is 0 Å². The predicted molar refractivity (Wildman–Crippen MR) is 110 cm³/mol. The first-order chi connectivity index (χ1) is 13.5. The van der Waals surface area contributed by atoms with Crippen LogP contribution in [0.4, 0.5) is 10.5 Å². The lowest BCUT2D eigenvalue weighted by molar-refractivity contribution is 0.0570. The Morgan fingerprint density at radius 2 is 1.76 bits per heavy atom. The van der Waals surface area contributed by atoms with E-state index in [4.69, 9.17) is 4.74 Å². The molecule has 152 valence electrons. The zero-order valence-electron chi connectivity index (χ0n) is 16.0. The minimum absolute atomic E-state index is 0.204. The Kier molecular flexibility index (Phi) is 5.29. The summed E-state index contributed by atoms with van der Waals surface area (Å²) in [6.45, 7) is 4.87.